The van der Waals surface area contributed by atoms with Crippen molar-refractivity contribution in [2.24, 2.45) is 11.3 Å². The van der Waals surface area contributed by atoms with Gasteiger partial charge in [0.1, 0.15) is 0 Å². The van der Waals surface area contributed by atoms with Crippen LogP contribution in [0, 0.1) is 11.3 Å². The average molecular weight is 258 g/mol. The van der Waals surface area contributed by atoms with E-state index in [0.717, 1.165) is 5.56 Å². The van der Waals surface area contributed by atoms with Gasteiger partial charge in [0.25, 0.3) is 0 Å². The van der Waals surface area contributed by atoms with Crippen molar-refractivity contribution in [3.05, 3.63) is 35.4 Å². The fraction of sp³-hybridized carbons (Fsp3) is 0.600. The number of hydrogen-bond acceptors (Lipinski definition) is 0. The van der Waals surface area contributed by atoms with Gasteiger partial charge in [0.15, 0.2) is 0 Å². The maximum Gasteiger partial charge on any atom is 0.416 e. The Hall–Kier alpha value is -0.990. The van der Waals surface area contributed by atoms with E-state index in [1.54, 1.807) is 12.1 Å². The summed E-state index contributed by atoms with van der Waals surface area (Å²) in [4.78, 5) is 0. The molecule has 0 saturated carbocycles. The second-order valence-electron chi connectivity index (χ2n) is 6.21. The van der Waals surface area contributed by atoms with Gasteiger partial charge in [0, 0.05) is 0 Å². The van der Waals surface area contributed by atoms with Crippen LogP contribution in [0.1, 0.15) is 51.7 Å². The Morgan fingerprint density at radius 1 is 0.889 bits per heavy atom. The van der Waals surface area contributed by atoms with Crippen LogP contribution in [0.4, 0.5) is 13.2 Å². The van der Waals surface area contributed by atoms with E-state index in [0.29, 0.717) is 5.92 Å². The molecule has 0 aliphatic heterocycles. The van der Waals surface area contributed by atoms with Crippen molar-refractivity contribution in [2.45, 2.75) is 46.7 Å². The monoisotopic (exact) mass is 258 g/mol. The molecule has 1 aromatic carbocycles. The Morgan fingerprint density at radius 2 is 1.33 bits per heavy atom. The van der Waals surface area contributed by atoms with Gasteiger partial charge in [-0.15, -0.1) is 0 Å². The summed E-state index contributed by atoms with van der Waals surface area (Å²) < 4.78 is 37.5. The molecule has 0 saturated heterocycles. The van der Waals surface area contributed by atoms with Gasteiger partial charge in [-0.25, -0.2) is 0 Å². The van der Waals surface area contributed by atoms with E-state index < -0.39 is 11.7 Å². The fourth-order valence-electron chi connectivity index (χ4n) is 2.76. The van der Waals surface area contributed by atoms with Gasteiger partial charge in [-0.2, -0.15) is 13.2 Å². The Morgan fingerprint density at radius 3 is 1.61 bits per heavy atom. The second-order valence-corrected chi connectivity index (χ2v) is 6.21. The minimum absolute atomic E-state index is 0.0356. The quantitative estimate of drug-likeness (QED) is 0.658. The van der Waals surface area contributed by atoms with E-state index in [1.165, 1.54) is 12.1 Å². The molecule has 0 aliphatic rings. The minimum atomic E-state index is -4.26. The highest BCUT2D eigenvalue weighted by molar-refractivity contribution is 5.28. The van der Waals surface area contributed by atoms with Crippen LogP contribution in [0.3, 0.4) is 0 Å². The molecule has 0 spiro atoms. The Balaban J connectivity index is 3.10. The zero-order valence-corrected chi connectivity index (χ0v) is 11.6. The standard InChI is InChI=1S/C15H21F3/c1-10(2)13(14(3,4)5)11-6-8-12(9-7-11)15(16,17)18/h6-10,13H,1-5H3. The molecule has 102 valence electrons. The normalized spacial score (nSPS) is 14.9. The largest absolute Gasteiger partial charge is 0.416 e. The molecule has 0 bridgehead atoms. The summed E-state index contributed by atoms with van der Waals surface area (Å²) in [5, 5.41) is 0. The molecule has 0 aromatic heterocycles. The molecule has 1 atom stereocenters. The number of hydrogen-bond donors (Lipinski definition) is 0. The topological polar surface area (TPSA) is 0 Å². The van der Waals surface area contributed by atoms with Crippen molar-refractivity contribution in [1.29, 1.82) is 0 Å². The molecule has 1 aromatic rings. The highest BCUT2D eigenvalue weighted by Gasteiger charge is 2.32. The van der Waals surface area contributed by atoms with Crippen molar-refractivity contribution in [3.8, 4) is 0 Å². The molecule has 18 heavy (non-hydrogen) atoms. The lowest BCUT2D eigenvalue weighted by Gasteiger charge is -2.34. The lowest BCUT2D eigenvalue weighted by molar-refractivity contribution is -0.137. The van der Waals surface area contributed by atoms with Crippen LogP contribution in [0.5, 0.6) is 0 Å². The molecule has 1 rings (SSSR count). The molecular formula is C15H21F3. The van der Waals surface area contributed by atoms with Crippen molar-refractivity contribution in [3.63, 3.8) is 0 Å². The lowest BCUT2D eigenvalue weighted by Crippen LogP contribution is -2.23. The van der Waals surface area contributed by atoms with Crippen molar-refractivity contribution in [2.75, 3.05) is 0 Å². The predicted molar refractivity (Wildman–Crippen MR) is 68.5 cm³/mol. The zero-order chi connectivity index (χ0) is 14.1. The maximum atomic E-state index is 12.5. The van der Waals surface area contributed by atoms with Gasteiger partial charge in [-0.05, 0) is 34.9 Å². The smallest absolute Gasteiger partial charge is 0.166 e. The van der Waals surface area contributed by atoms with Crippen molar-refractivity contribution >= 4 is 0 Å². The first-order valence-corrected chi connectivity index (χ1v) is 6.20. The fourth-order valence-corrected chi connectivity index (χ4v) is 2.76. The SMILES string of the molecule is CC(C)C(c1ccc(C(F)(F)F)cc1)C(C)(C)C. The predicted octanol–water partition coefficient (Wildman–Crippen LogP) is 5.49. The molecule has 0 heterocycles. The Kier molecular flexibility index (Phi) is 4.14. The van der Waals surface area contributed by atoms with Gasteiger partial charge < -0.3 is 0 Å². The summed E-state index contributed by atoms with van der Waals surface area (Å²) in [5.41, 5.74) is 0.432. The summed E-state index contributed by atoms with van der Waals surface area (Å²) in [6.45, 7) is 10.6. The van der Waals surface area contributed by atoms with Crippen LogP contribution < -0.4 is 0 Å². The third-order valence-corrected chi connectivity index (χ3v) is 3.20. The number of alkyl halides is 3. The van der Waals surface area contributed by atoms with E-state index in [4.69, 9.17) is 0 Å². The first-order valence-electron chi connectivity index (χ1n) is 6.20. The second kappa shape index (κ2) is 4.94. The number of benzene rings is 1. The van der Waals surface area contributed by atoms with E-state index >= 15 is 0 Å². The van der Waals surface area contributed by atoms with Gasteiger partial charge in [0.05, 0.1) is 5.56 Å². The van der Waals surface area contributed by atoms with Crippen molar-refractivity contribution in [1.82, 2.24) is 0 Å². The highest BCUT2D eigenvalue weighted by Crippen LogP contribution is 2.41. The third-order valence-electron chi connectivity index (χ3n) is 3.20. The van der Waals surface area contributed by atoms with E-state index in [1.807, 2.05) is 0 Å². The van der Waals surface area contributed by atoms with E-state index in [-0.39, 0.29) is 11.3 Å². The van der Waals surface area contributed by atoms with Gasteiger partial charge in [-0.1, -0.05) is 46.8 Å². The first kappa shape index (κ1) is 15.1. The molecule has 0 fully saturated rings. The first-order chi connectivity index (χ1) is 8.03. The average Bonchev–Trinajstić information content (AvgIpc) is 2.13. The minimum Gasteiger partial charge on any atom is -0.166 e. The van der Waals surface area contributed by atoms with Crippen molar-refractivity contribution < 1.29 is 13.2 Å². The molecular weight excluding hydrogens is 237 g/mol. The number of halogens is 3. The summed E-state index contributed by atoms with van der Waals surface area (Å²) in [7, 11) is 0. The van der Waals surface area contributed by atoms with Crippen LogP contribution in [0.25, 0.3) is 0 Å². The summed E-state index contributed by atoms with van der Waals surface area (Å²) in [6, 6.07) is 5.57. The van der Waals surface area contributed by atoms with Gasteiger partial charge in [0.2, 0.25) is 0 Å². The number of rotatable bonds is 2. The summed E-state index contributed by atoms with van der Waals surface area (Å²) in [5.74, 6) is 0.640. The molecule has 0 nitrogen and oxygen atoms in total. The van der Waals surface area contributed by atoms with E-state index in [9.17, 15) is 13.2 Å². The highest BCUT2D eigenvalue weighted by atomic mass is 19.4. The third kappa shape index (κ3) is 3.50. The van der Waals surface area contributed by atoms with Crippen LogP contribution in [-0.2, 0) is 6.18 Å². The molecule has 0 aliphatic carbocycles. The summed E-state index contributed by atoms with van der Waals surface area (Å²) >= 11 is 0. The van der Waals surface area contributed by atoms with Gasteiger partial charge >= 0.3 is 6.18 Å². The molecule has 1 unspecified atom stereocenters. The molecule has 3 heteroatoms. The van der Waals surface area contributed by atoms with Crippen LogP contribution in [0.2, 0.25) is 0 Å². The Bertz CT molecular complexity index is 380. The van der Waals surface area contributed by atoms with Crippen LogP contribution in [-0.4, -0.2) is 0 Å². The van der Waals surface area contributed by atoms with Crippen LogP contribution >= 0.6 is 0 Å². The summed E-state index contributed by atoms with van der Waals surface area (Å²) in [6.07, 6.45) is -4.26. The molecule has 0 N–H and O–H groups in total. The van der Waals surface area contributed by atoms with E-state index in [2.05, 4.69) is 34.6 Å². The van der Waals surface area contributed by atoms with Gasteiger partial charge in [-0.3, -0.25) is 0 Å². The Labute approximate surface area is 107 Å². The maximum absolute atomic E-state index is 12.5. The molecule has 0 amide bonds. The zero-order valence-electron chi connectivity index (χ0n) is 11.6. The van der Waals surface area contributed by atoms with Crippen LogP contribution in [0.15, 0.2) is 24.3 Å². The lowest BCUT2D eigenvalue weighted by atomic mass is 9.70. The molecule has 0 radical (unpaired) electrons.